The molecular formula is C13H19NO5S2. The maximum absolute atomic E-state index is 12.7. The lowest BCUT2D eigenvalue weighted by Crippen LogP contribution is -2.42. The van der Waals surface area contributed by atoms with E-state index in [1.54, 1.807) is 18.2 Å². The quantitative estimate of drug-likeness (QED) is 0.758. The molecule has 1 unspecified atom stereocenters. The zero-order valence-electron chi connectivity index (χ0n) is 11.8. The molecule has 1 aromatic carbocycles. The number of hydrogen-bond acceptors (Lipinski definition) is 5. The molecule has 0 spiro atoms. The summed E-state index contributed by atoms with van der Waals surface area (Å²) in [5, 5.41) is 0. The fraction of sp³-hybridized carbons (Fsp3) is 0.538. The van der Waals surface area contributed by atoms with Gasteiger partial charge in [-0.2, -0.15) is 4.31 Å². The molecule has 0 aliphatic carbocycles. The van der Waals surface area contributed by atoms with E-state index in [-0.39, 0.29) is 29.6 Å². The number of methoxy groups -OCH3 is 1. The summed E-state index contributed by atoms with van der Waals surface area (Å²) in [6.45, 7) is 0.372. The second kappa shape index (κ2) is 6.43. The Hall–Kier alpha value is -0.960. The monoisotopic (exact) mass is 333 g/mol. The van der Waals surface area contributed by atoms with Gasteiger partial charge in [-0.1, -0.05) is 18.2 Å². The highest BCUT2D eigenvalue weighted by atomic mass is 32.2. The lowest BCUT2D eigenvalue weighted by atomic mass is 10.3. The van der Waals surface area contributed by atoms with Crippen LogP contribution in [0.15, 0.2) is 35.2 Å². The van der Waals surface area contributed by atoms with Gasteiger partial charge in [-0.3, -0.25) is 0 Å². The van der Waals surface area contributed by atoms with Crippen molar-refractivity contribution >= 4 is 19.9 Å². The summed E-state index contributed by atoms with van der Waals surface area (Å²) in [4.78, 5) is 0.172. The number of sulfone groups is 1. The molecule has 1 aromatic rings. The topological polar surface area (TPSA) is 80.8 Å². The molecule has 1 saturated heterocycles. The highest BCUT2D eigenvalue weighted by Crippen LogP contribution is 2.24. The largest absolute Gasteiger partial charge is 0.383 e. The third-order valence-electron chi connectivity index (χ3n) is 3.48. The molecule has 0 saturated carbocycles. The molecule has 8 heteroatoms. The van der Waals surface area contributed by atoms with Crippen LogP contribution in [0, 0.1) is 0 Å². The number of hydrogen-bond donors (Lipinski definition) is 0. The van der Waals surface area contributed by atoms with Crippen LogP contribution < -0.4 is 0 Å². The first-order valence-electron chi connectivity index (χ1n) is 6.63. The lowest BCUT2D eigenvalue weighted by molar-refractivity contribution is 0.169. The molecule has 1 fully saturated rings. The predicted molar refractivity (Wildman–Crippen MR) is 79.3 cm³/mol. The Balaban J connectivity index is 2.32. The number of ether oxygens (including phenoxy) is 1. The maximum atomic E-state index is 12.7. The normalized spacial score (nSPS) is 21.7. The van der Waals surface area contributed by atoms with Gasteiger partial charge in [0.05, 0.1) is 23.0 Å². The summed E-state index contributed by atoms with van der Waals surface area (Å²) in [6, 6.07) is 7.53. The van der Waals surface area contributed by atoms with E-state index in [0.717, 1.165) is 0 Å². The van der Waals surface area contributed by atoms with Crippen molar-refractivity contribution in [3.05, 3.63) is 30.3 Å². The summed E-state index contributed by atoms with van der Waals surface area (Å²) < 4.78 is 54.9. The molecule has 1 aliphatic heterocycles. The molecule has 0 amide bonds. The first-order chi connectivity index (χ1) is 9.87. The Morgan fingerprint density at radius 1 is 1.29 bits per heavy atom. The zero-order chi connectivity index (χ0) is 15.5. The van der Waals surface area contributed by atoms with Crippen LogP contribution >= 0.6 is 0 Å². The molecule has 0 radical (unpaired) electrons. The summed E-state index contributed by atoms with van der Waals surface area (Å²) >= 11 is 0. The molecule has 118 valence electrons. The molecule has 0 bridgehead atoms. The smallest absolute Gasteiger partial charge is 0.243 e. The highest BCUT2D eigenvalue weighted by molar-refractivity contribution is 7.92. The van der Waals surface area contributed by atoms with Gasteiger partial charge in [0.25, 0.3) is 0 Å². The van der Waals surface area contributed by atoms with Crippen molar-refractivity contribution in [3.8, 4) is 0 Å². The first-order valence-corrected chi connectivity index (χ1v) is 9.89. The first kappa shape index (κ1) is 16.4. The van der Waals surface area contributed by atoms with Crippen LogP contribution in [-0.2, 0) is 24.6 Å². The predicted octanol–water partition coefficient (Wildman–Crippen LogP) is 0.511. The summed E-state index contributed by atoms with van der Waals surface area (Å²) in [5.74, 6) is -0.0891. The molecule has 1 heterocycles. The molecule has 1 atom stereocenters. The third kappa shape index (κ3) is 3.82. The van der Waals surface area contributed by atoms with Gasteiger partial charge in [0.1, 0.15) is 0 Å². The Morgan fingerprint density at radius 3 is 2.48 bits per heavy atom. The van der Waals surface area contributed by atoms with E-state index < -0.39 is 25.9 Å². The van der Waals surface area contributed by atoms with Crippen molar-refractivity contribution in [2.75, 3.05) is 31.8 Å². The average molecular weight is 333 g/mol. The SMILES string of the molecule is COCCN(C1CCS(=O)(=O)C1)S(=O)(=O)c1ccccc1. The van der Waals surface area contributed by atoms with Crippen LogP contribution in [0.3, 0.4) is 0 Å². The van der Waals surface area contributed by atoms with E-state index in [1.165, 1.54) is 23.5 Å². The van der Waals surface area contributed by atoms with Gasteiger partial charge in [-0.25, -0.2) is 16.8 Å². The summed E-state index contributed by atoms with van der Waals surface area (Å²) in [5.41, 5.74) is 0. The van der Waals surface area contributed by atoms with Crippen molar-refractivity contribution in [2.24, 2.45) is 0 Å². The highest BCUT2D eigenvalue weighted by Gasteiger charge is 2.38. The van der Waals surface area contributed by atoms with Crippen molar-refractivity contribution in [1.29, 1.82) is 0 Å². The minimum atomic E-state index is -3.72. The van der Waals surface area contributed by atoms with Crippen LogP contribution in [0.2, 0.25) is 0 Å². The van der Waals surface area contributed by atoms with Gasteiger partial charge in [0, 0.05) is 19.7 Å². The number of nitrogens with zero attached hydrogens (tertiary/aromatic N) is 1. The Bertz CT molecular complexity index is 670. The minimum absolute atomic E-state index is 0.0332. The standard InChI is InChI=1S/C13H19NO5S2/c1-19-9-8-14(12-7-10-20(15,16)11-12)21(17,18)13-5-3-2-4-6-13/h2-6,12H,7-11H2,1H3. The van der Waals surface area contributed by atoms with E-state index in [9.17, 15) is 16.8 Å². The fourth-order valence-electron chi connectivity index (χ4n) is 2.41. The second-order valence-corrected chi connectivity index (χ2v) is 9.10. The van der Waals surface area contributed by atoms with Gasteiger partial charge in [-0.15, -0.1) is 0 Å². The van der Waals surface area contributed by atoms with Gasteiger partial charge < -0.3 is 4.74 Å². The number of benzene rings is 1. The molecular weight excluding hydrogens is 314 g/mol. The van der Waals surface area contributed by atoms with Crippen LogP contribution in [-0.4, -0.2) is 58.9 Å². The number of rotatable bonds is 6. The van der Waals surface area contributed by atoms with Crippen LogP contribution in [0.25, 0.3) is 0 Å². The molecule has 0 N–H and O–H groups in total. The van der Waals surface area contributed by atoms with Gasteiger partial charge in [0.15, 0.2) is 9.84 Å². The Morgan fingerprint density at radius 2 is 1.95 bits per heavy atom. The van der Waals surface area contributed by atoms with Gasteiger partial charge in [0.2, 0.25) is 10.0 Å². The zero-order valence-corrected chi connectivity index (χ0v) is 13.4. The van der Waals surface area contributed by atoms with E-state index in [0.29, 0.717) is 6.42 Å². The third-order valence-corrected chi connectivity index (χ3v) is 7.20. The Kier molecular flexibility index (Phi) is 5.03. The maximum Gasteiger partial charge on any atom is 0.243 e. The molecule has 2 rings (SSSR count). The molecule has 0 aromatic heterocycles. The van der Waals surface area contributed by atoms with Crippen molar-refractivity contribution in [2.45, 2.75) is 17.4 Å². The summed E-state index contributed by atoms with van der Waals surface area (Å²) in [6.07, 6.45) is 0.331. The lowest BCUT2D eigenvalue weighted by Gasteiger charge is -2.27. The molecule has 1 aliphatic rings. The van der Waals surface area contributed by atoms with Crippen LogP contribution in [0.5, 0.6) is 0 Å². The number of sulfonamides is 1. The Labute approximate surface area is 125 Å². The van der Waals surface area contributed by atoms with Crippen molar-refractivity contribution in [3.63, 3.8) is 0 Å². The fourth-order valence-corrected chi connectivity index (χ4v) is 5.89. The van der Waals surface area contributed by atoms with E-state index in [4.69, 9.17) is 4.74 Å². The minimum Gasteiger partial charge on any atom is -0.383 e. The van der Waals surface area contributed by atoms with E-state index in [2.05, 4.69) is 0 Å². The molecule has 6 nitrogen and oxygen atoms in total. The van der Waals surface area contributed by atoms with E-state index in [1.807, 2.05) is 0 Å². The van der Waals surface area contributed by atoms with Crippen molar-refractivity contribution < 1.29 is 21.6 Å². The average Bonchev–Trinajstić information content (AvgIpc) is 2.80. The molecule has 21 heavy (non-hydrogen) atoms. The second-order valence-electron chi connectivity index (χ2n) is 4.98. The van der Waals surface area contributed by atoms with E-state index >= 15 is 0 Å². The van der Waals surface area contributed by atoms with Crippen LogP contribution in [0.1, 0.15) is 6.42 Å². The van der Waals surface area contributed by atoms with Crippen LogP contribution in [0.4, 0.5) is 0 Å². The van der Waals surface area contributed by atoms with Crippen molar-refractivity contribution in [1.82, 2.24) is 4.31 Å². The van der Waals surface area contributed by atoms with Gasteiger partial charge in [-0.05, 0) is 18.6 Å². The summed E-state index contributed by atoms with van der Waals surface area (Å²) in [7, 11) is -5.39. The van der Waals surface area contributed by atoms with Gasteiger partial charge >= 0.3 is 0 Å².